The Morgan fingerprint density at radius 1 is 1.32 bits per heavy atom. The molecule has 1 aliphatic heterocycles. The number of pyridine rings is 1. The minimum absolute atomic E-state index is 0.0577. The van der Waals surface area contributed by atoms with Gasteiger partial charge in [-0.05, 0) is 44.8 Å². The Labute approximate surface area is 169 Å². The summed E-state index contributed by atoms with van der Waals surface area (Å²) in [5.41, 5.74) is 1.55. The molecule has 0 spiro atoms. The van der Waals surface area contributed by atoms with Crippen LogP contribution in [-0.2, 0) is 4.79 Å². The molecule has 0 bridgehead atoms. The Morgan fingerprint density at radius 3 is 2.86 bits per heavy atom. The fraction of sp³-hybridized carbons (Fsp3) is 0.350. The lowest BCUT2D eigenvalue weighted by Gasteiger charge is -2.17. The number of carbonyl (C=O) groups excluding carboxylic acids is 2. The molecule has 3 rings (SSSR count). The van der Waals surface area contributed by atoms with Gasteiger partial charge in [0.05, 0.1) is 10.6 Å². The van der Waals surface area contributed by atoms with E-state index in [-0.39, 0.29) is 11.8 Å². The lowest BCUT2D eigenvalue weighted by molar-refractivity contribution is -0.117. The molecule has 2 aromatic rings. The lowest BCUT2D eigenvalue weighted by Crippen LogP contribution is -2.24. The van der Waals surface area contributed by atoms with Crippen LogP contribution in [0.1, 0.15) is 23.2 Å². The zero-order valence-corrected chi connectivity index (χ0v) is 16.7. The molecule has 1 aromatic carbocycles. The van der Waals surface area contributed by atoms with Gasteiger partial charge in [0.15, 0.2) is 0 Å². The van der Waals surface area contributed by atoms with Crippen molar-refractivity contribution >= 4 is 34.8 Å². The summed E-state index contributed by atoms with van der Waals surface area (Å²) in [6, 6.07) is 8.38. The number of likely N-dealkylation sites (N-methyl/N-ethyl adjacent to an activating group) is 1. The van der Waals surface area contributed by atoms with E-state index in [1.165, 1.54) is 0 Å². The molecular weight excluding hydrogens is 380 g/mol. The minimum atomic E-state index is -0.357. The van der Waals surface area contributed by atoms with Crippen molar-refractivity contribution in [3.05, 3.63) is 47.1 Å². The Kier molecular flexibility index (Phi) is 6.49. The number of anilines is 2. The topological polar surface area (TPSA) is 74.8 Å². The number of nitrogens with zero attached hydrogens (tertiary/aromatic N) is 3. The third kappa shape index (κ3) is 4.99. The minimum Gasteiger partial charge on any atom is -0.476 e. The van der Waals surface area contributed by atoms with Crippen molar-refractivity contribution in [1.82, 2.24) is 9.88 Å². The van der Waals surface area contributed by atoms with Gasteiger partial charge in [0.2, 0.25) is 11.8 Å². The molecule has 7 nitrogen and oxygen atoms in total. The first-order valence-corrected chi connectivity index (χ1v) is 9.46. The van der Waals surface area contributed by atoms with Crippen molar-refractivity contribution < 1.29 is 14.3 Å². The second kappa shape index (κ2) is 9.03. The van der Waals surface area contributed by atoms with E-state index >= 15 is 0 Å². The first kappa shape index (κ1) is 20.1. The predicted molar refractivity (Wildman–Crippen MR) is 109 cm³/mol. The van der Waals surface area contributed by atoms with Crippen LogP contribution in [0, 0.1) is 0 Å². The fourth-order valence-corrected chi connectivity index (χ4v) is 3.08. The molecule has 28 heavy (non-hydrogen) atoms. The number of benzene rings is 1. The molecule has 148 valence electrons. The highest BCUT2D eigenvalue weighted by Gasteiger charge is 2.23. The van der Waals surface area contributed by atoms with Gasteiger partial charge in [-0.15, -0.1) is 0 Å². The molecule has 0 radical (unpaired) electrons. The van der Waals surface area contributed by atoms with E-state index in [1.54, 1.807) is 41.4 Å². The van der Waals surface area contributed by atoms with Crippen molar-refractivity contribution in [3.8, 4) is 5.88 Å². The fourth-order valence-electron chi connectivity index (χ4n) is 2.87. The van der Waals surface area contributed by atoms with Crippen LogP contribution in [0.15, 0.2) is 36.5 Å². The maximum atomic E-state index is 12.7. The van der Waals surface area contributed by atoms with Gasteiger partial charge in [0.1, 0.15) is 6.61 Å². The second-order valence-corrected chi connectivity index (χ2v) is 7.21. The van der Waals surface area contributed by atoms with Crippen LogP contribution in [-0.4, -0.2) is 55.5 Å². The van der Waals surface area contributed by atoms with Crippen LogP contribution in [0.3, 0.4) is 0 Å². The highest BCUT2D eigenvalue weighted by Crippen LogP contribution is 2.27. The predicted octanol–water partition coefficient (Wildman–Crippen LogP) is 3.05. The summed E-state index contributed by atoms with van der Waals surface area (Å²) >= 11 is 6.22. The molecule has 2 heterocycles. The van der Waals surface area contributed by atoms with Crippen LogP contribution < -0.4 is 15.0 Å². The summed E-state index contributed by atoms with van der Waals surface area (Å²) in [5, 5.41) is 3.13. The maximum Gasteiger partial charge on any atom is 0.257 e. The summed E-state index contributed by atoms with van der Waals surface area (Å²) < 4.78 is 5.59. The van der Waals surface area contributed by atoms with Gasteiger partial charge in [-0.25, -0.2) is 4.98 Å². The number of amides is 2. The maximum absolute atomic E-state index is 12.7. The van der Waals surface area contributed by atoms with Gasteiger partial charge < -0.3 is 19.9 Å². The van der Waals surface area contributed by atoms with E-state index in [9.17, 15) is 9.59 Å². The molecule has 1 aromatic heterocycles. The van der Waals surface area contributed by atoms with E-state index in [4.69, 9.17) is 16.3 Å². The van der Waals surface area contributed by atoms with Gasteiger partial charge in [0, 0.05) is 43.1 Å². The molecule has 2 amide bonds. The van der Waals surface area contributed by atoms with Crippen molar-refractivity contribution in [2.45, 2.75) is 12.8 Å². The highest BCUT2D eigenvalue weighted by atomic mass is 35.5. The first-order chi connectivity index (χ1) is 13.4. The molecule has 0 aliphatic carbocycles. The Bertz CT molecular complexity index is 872. The summed E-state index contributed by atoms with van der Waals surface area (Å²) in [5.74, 6) is 0.133. The number of rotatable bonds is 7. The monoisotopic (exact) mass is 402 g/mol. The molecule has 0 unspecified atom stereocenters. The van der Waals surface area contributed by atoms with E-state index in [1.807, 2.05) is 19.0 Å². The number of hydrogen-bond acceptors (Lipinski definition) is 5. The van der Waals surface area contributed by atoms with Crippen molar-refractivity contribution in [2.24, 2.45) is 0 Å². The summed E-state index contributed by atoms with van der Waals surface area (Å²) in [7, 11) is 3.92. The average Bonchev–Trinajstić information content (AvgIpc) is 3.08. The molecule has 8 heteroatoms. The molecule has 0 saturated carbocycles. The van der Waals surface area contributed by atoms with Crippen LogP contribution in [0.2, 0.25) is 5.02 Å². The average molecular weight is 403 g/mol. The number of carbonyl (C=O) groups is 2. The third-order valence-corrected chi connectivity index (χ3v) is 4.69. The normalized spacial score (nSPS) is 13.9. The SMILES string of the molecule is CN(C)CCOc1cc(NC(=O)c2cc(N3CCCC3=O)ccc2Cl)ccn1. The summed E-state index contributed by atoms with van der Waals surface area (Å²) in [6.45, 7) is 1.91. The molecule has 1 N–H and O–H groups in total. The second-order valence-electron chi connectivity index (χ2n) is 6.80. The van der Waals surface area contributed by atoms with Gasteiger partial charge >= 0.3 is 0 Å². The molecule has 1 aliphatic rings. The van der Waals surface area contributed by atoms with Crippen molar-refractivity contribution in [2.75, 3.05) is 44.0 Å². The number of halogens is 1. The van der Waals surface area contributed by atoms with E-state index < -0.39 is 0 Å². The Balaban J connectivity index is 1.71. The Morgan fingerprint density at radius 2 is 2.14 bits per heavy atom. The number of aromatic nitrogens is 1. The third-order valence-electron chi connectivity index (χ3n) is 4.36. The smallest absolute Gasteiger partial charge is 0.257 e. The zero-order chi connectivity index (χ0) is 20.1. The van der Waals surface area contributed by atoms with E-state index in [0.29, 0.717) is 47.4 Å². The number of nitrogens with one attached hydrogen (secondary N) is 1. The zero-order valence-electron chi connectivity index (χ0n) is 15.9. The molecular formula is C20H23ClN4O3. The molecule has 1 fully saturated rings. The van der Waals surface area contributed by atoms with E-state index in [2.05, 4.69) is 10.3 Å². The lowest BCUT2D eigenvalue weighted by atomic mass is 10.1. The van der Waals surface area contributed by atoms with Crippen LogP contribution in [0.4, 0.5) is 11.4 Å². The standard InChI is InChI=1S/C20H23ClN4O3/c1-24(2)10-11-28-18-12-14(7-8-22-18)23-20(27)16-13-15(5-6-17(16)21)25-9-3-4-19(25)26/h5-8,12-13H,3-4,9-11H2,1-2H3,(H,22,23,27). The van der Waals surface area contributed by atoms with Gasteiger partial charge in [-0.1, -0.05) is 11.6 Å². The summed E-state index contributed by atoms with van der Waals surface area (Å²) in [6.07, 6.45) is 2.91. The van der Waals surface area contributed by atoms with Crippen molar-refractivity contribution in [1.29, 1.82) is 0 Å². The van der Waals surface area contributed by atoms with E-state index in [0.717, 1.165) is 13.0 Å². The van der Waals surface area contributed by atoms with Gasteiger partial charge in [0.25, 0.3) is 5.91 Å². The largest absolute Gasteiger partial charge is 0.476 e. The van der Waals surface area contributed by atoms with Crippen molar-refractivity contribution in [3.63, 3.8) is 0 Å². The highest BCUT2D eigenvalue weighted by molar-refractivity contribution is 6.34. The van der Waals surface area contributed by atoms with Crippen LogP contribution >= 0.6 is 11.6 Å². The molecule has 1 saturated heterocycles. The van der Waals surface area contributed by atoms with Crippen LogP contribution in [0.5, 0.6) is 5.88 Å². The first-order valence-electron chi connectivity index (χ1n) is 9.09. The van der Waals surface area contributed by atoms with Gasteiger partial charge in [-0.3, -0.25) is 9.59 Å². The Hall–Kier alpha value is -2.64. The van der Waals surface area contributed by atoms with Gasteiger partial charge in [-0.2, -0.15) is 0 Å². The van der Waals surface area contributed by atoms with Crippen LogP contribution in [0.25, 0.3) is 0 Å². The number of hydrogen-bond donors (Lipinski definition) is 1. The summed E-state index contributed by atoms with van der Waals surface area (Å²) in [4.78, 5) is 32.5. The molecule has 0 atom stereocenters. The quantitative estimate of drug-likeness (QED) is 0.770. The number of ether oxygens (including phenoxy) is 1.